The van der Waals surface area contributed by atoms with Gasteiger partial charge in [0.2, 0.25) is 5.91 Å². The monoisotopic (exact) mass is 348 g/mol. The lowest BCUT2D eigenvalue weighted by Gasteiger charge is -2.10. The molecule has 8 heteroatoms. The highest BCUT2D eigenvalue weighted by atomic mass is 35.5. The third-order valence-electron chi connectivity index (χ3n) is 3.27. The van der Waals surface area contributed by atoms with Gasteiger partial charge in [0.1, 0.15) is 5.82 Å². The smallest absolute Gasteiger partial charge is 0.249 e. The molecular formula is C16H14ClFN4O2. The first-order valence-electron chi connectivity index (χ1n) is 7.17. The maximum atomic E-state index is 13.1. The van der Waals surface area contributed by atoms with Crippen LogP contribution in [0.25, 0.3) is 0 Å². The summed E-state index contributed by atoms with van der Waals surface area (Å²) in [5, 5.41) is 15.3. The van der Waals surface area contributed by atoms with Gasteiger partial charge >= 0.3 is 0 Å². The summed E-state index contributed by atoms with van der Waals surface area (Å²) in [6.07, 6.45) is 3.93. The van der Waals surface area contributed by atoms with Crippen molar-refractivity contribution in [3.63, 3.8) is 0 Å². The molecule has 0 aliphatic heterocycles. The Balaban J connectivity index is 1.91. The number of nitrogens with one attached hydrogen (secondary N) is 1. The van der Waals surface area contributed by atoms with Gasteiger partial charge in [-0.2, -0.15) is 10.4 Å². The summed E-state index contributed by atoms with van der Waals surface area (Å²) in [5.74, 6) is -3.28. The molecule has 1 aromatic carbocycles. The van der Waals surface area contributed by atoms with E-state index in [1.54, 1.807) is 29.2 Å². The fraction of sp³-hybridized carbons (Fsp3) is 0.250. The maximum Gasteiger partial charge on any atom is 0.249 e. The highest BCUT2D eigenvalue weighted by molar-refractivity contribution is 6.31. The minimum absolute atomic E-state index is 0.0790. The van der Waals surface area contributed by atoms with E-state index in [0.29, 0.717) is 13.0 Å². The molecule has 0 unspecified atom stereocenters. The zero-order valence-corrected chi connectivity index (χ0v) is 13.3. The second-order valence-electron chi connectivity index (χ2n) is 5.02. The van der Waals surface area contributed by atoms with Crippen molar-refractivity contribution in [3.05, 3.63) is 47.5 Å². The van der Waals surface area contributed by atoms with Crippen LogP contribution in [0.1, 0.15) is 12.8 Å². The second-order valence-corrected chi connectivity index (χ2v) is 5.43. The molecule has 0 saturated carbocycles. The van der Waals surface area contributed by atoms with Crippen molar-refractivity contribution in [3.8, 4) is 6.07 Å². The minimum Gasteiger partial charge on any atom is -0.324 e. The van der Waals surface area contributed by atoms with E-state index in [0.717, 1.165) is 6.07 Å². The number of Topliss-reactive ketones (excluding diaryl/α,β-unsaturated/α-hetero) is 1. The maximum absolute atomic E-state index is 13.1. The van der Waals surface area contributed by atoms with E-state index in [-0.39, 0.29) is 17.1 Å². The molecule has 1 amide bonds. The Hall–Kier alpha value is -2.72. The summed E-state index contributed by atoms with van der Waals surface area (Å²) in [7, 11) is 0. The van der Waals surface area contributed by atoms with Gasteiger partial charge in [0.15, 0.2) is 11.7 Å². The van der Waals surface area contributed by atoms with E-state index in [9.17, 15) is 14.0 Å². The number of halogens is 2. The number of amides is 1. The molecular weight excluding hydrogens is 335 g/mol. The van der Waals surface area contributed by atoms with Crippen molar-refractivity contribution in [1.82, 2.24) is 9.78 Å². The number of hydrogen-bond acceptors (Lipinski definition) is 4. The molecule has 1 heterocycles. The van der Waals surface area contributed by atoms with Gasteiger partial charge in [0.05, 0.1) is 11.1 Å². The van der Waals surface area contributed by atoms with Gasteiger partial charge in [-0.1, -0.05) is 11.6 Å². The van der Waals surface area contributed by atoms with Crippen LogP contribution in [-0.4, -0.2) is 21.5 Å². The first kappa shape index (κ1) is 17.6. The van der Waals surface area contributed by atoms with Gasteiger partial charge in [-0.15, -0.1) is 0 Å². The number of ketones is 1. The summed E-state index contributed by atoms with van der Waals surface area (Å²) in [4.78, 5) is 24.1. The molecule has 124 valence electrons. The number of rotatable bonds is 7. The fourth-order valence-electron chi connectivity index (χ4n) is 2.06. The van der Waals surface area contributed by atoms with Crippen LogP contribution in [-0.2, 0) is 16.1 Å². The molecule has 1 atom stereocenters. The molecule has 1 N–H and O–H groups in total. The average Bonchev–Trinajstić information content (AvgIpc) is 3.05. The fourth-order valence-corrected chi connectivity index (χ4v) is 2.24. The Morgan fingerprint density at radius 1 is 1.46 bits per heavy atom. The van der Waals surface area contributed by atoms with Crippen LogP contribution < -0.4 is 5.32 Å². The van der Waals surface area contributed by atoms with Crippen LogP contribution in [0.2, 0.25) is 5.02 Å². The Bertz CT molecular complexity index is 771. The van der Waals surface area contributed by atoms with Crippen molar-refractivity contribution in [2.45, 2.75) is 19.4 Å². The van der Waals surface area contributed by atoms with Crippen LogP contribution in [0.15, 0.2) is 36.7 Å². The van der Waals surface area contributed by atoms with Crippen LogP contribution in [0, 0.1) is 23.1 Å². The predicted octanol–water partition coefficient (Wildman–Crippen LogP) is 2.80. The Morgan fingerprint density at radius 2 is 2.25 bits per heavy atom. The molecule has 6 nitrogen and oxygen atoms in total. The molecule has 2 rings (SSSR count). The van der Waals surface area contributed by atoms with Crippen LogP contribution in [0.3, 0.4) is 0 Å². The Morgan fingerprint density at radius 3 is 2.88 bits per heavy atom. The molecule has 0 fully saturated rings. The highest BCUT2D eigenvalue weighted by Crippen LogP contribution is 2.20. The molecule has 2 aromatic rings. The molecule has 24 heavy (non-hydrogen) atoms. The predicted molar refractivity (Wildman–Crippen MR) is 85.6 cm³/mol. The van der Waals surface area contributed by atoms with Crippen LogP contribution in [0.5, 0.6) is 0 Å². The standard InChI is InChI=1S/C16H14ClFN4O2/c17-13-9-11(4-5-14(13)18)21-16(24)12(10-19)15(23)3-1-7-22-8-2-6-20-22/h2,4-6,8-9,12H,1,3,7H2,(H,21,24)/t12-/m0/s1. The number of anilines is 1. The zero-order valence-electron chi connectivity index (χ0n) is 12.6. The number of nitrogens with zero attached hydrogens (tertiary/aromatic N) is 3. The summed E-state index contributed by atoms with van der Waals surface area (Å²) in [6.45, 7) is 0.520. The SMILES string of the molecule is N#C[C@@H](C(=O)CCCn1cccn1)C(=O)Nc1ccc(F)c(Cl)c1. The lowest BCUT2D eigenvalue weighted by atomic mass is 10.0. The van der Waals surface area contributed by atoms with Crippen molar-refractivity contribution in [1.29, 1.82) is 5.26 Å². The van der Waals surface area contributed by atoms with E-state index in [2.05, 4.69) is 10.4 Å². The summed E-state index contributed by atoms with van der Waals surface area (Å²) in [5.41, 5.74) is 0.219. The third-order valence-corrected chi connectivity index (χ3v) is 3.56. The Labute approximate surface area is 142 Å². The van der Waals surface area contributed by atoms with Gasteiger partial charge < -0.3 is 5.32 Å². The van der Waals surface area contributed by atoms with E-state index in [1.807, 2.05) is 0 Å². The first-order valence-corrected chi connectivity index (χ1v) is 7.54. The molecule has 1 aromatic heterocycles. The summed E-state index contributed by atoms with van der Waals surface area (Å²) < 4.78 is 14.7. The van der Waals surface area contributed by atoms with Crippen molar-refractivity contribution in [2.24, 2.45) is 5.92 Å². The number of aromatic nitrogens is 2. The highest BCUT2D eigenvalue weighted by Gasteiger charge is 2.26. The normalized spacial score (nSPS) is 11.5. The third kappa shape index (κ3) is 4.64. The van der Waals surface area contributed by atoms with E-state index in [1.165, 1.54) is 12.1 Å². The average molecular weight is 349 g/mol. The van der Waals surface area contributed by atoms with Crippen molar-refractivity contribution in [2.75, 3.05) is 5.32 Å². The summed E-state index contributed by atoms with van der Waals surface area (Å²) >= 11 is 5.62. The van der Waals surface area contributed by atoms with E-state index >= 15 is 0 Å². The van der Waals surface area contributed by atoms with Crippen molar-refractivity contribution >= 4 is 29.0 Å². The van der Waals surface area contributed by atoms with Crippen LogP contribution >= 0.6 is 11.6 Å². The molecule has 0 spiro atoms. The number of benzene rings is 1. The lowest BCUT2D eigenvalue weighted by Crippen LogP contribution is -2.28. The van der Waals surface area contributed by atoms with Gasteiger partial charge in [-0.3, -0.25) is 14.3 Å². The number of carbonyl (C=O) groups is 2. The van der Waals surface area contributed by atoms with Gasteiger partial charge in [-0.25, -0.2) is 4.39 Å². The van der Waals surface area contributed by atoms with Gasteiger partial charge in [0.25, 0.3) is 0 Å². The molecule has 0 saturated heterocycles. The number of aryl methyl sites for hydroxylation is 1. The van der Waals surface area contributed by atoms with Gasteiger partial charge in [-0.05, 0) is 30.7 Å². The largest absolute Gasteiger partial charge is 0.324 e. The number of hydrogen-bond donors (Lipinski definition) is 1. The number of nitriles is 1. The van der Waals surface area contributed by atoms with Crippen molar-refractivity contribution < 1.29 is 14.0 Å². The zero-order chi connectivity index (χ0) is 17.5. The molecule has 0 aliphatic carbocycles. The van der Waals surface area contributed by atoms with Crippen LogP contribution in [0.4, 0.5) is 10.1 Å². The first-order chi connectivity index (χ1) is 11.5. The second kappa shape index (κ2) is 8.22. The quantitative estimate of drug-likeness (QED) is 0.779. The minimum atomic E-state index is -1.42. The number of carbonyl (C=O) groups excluding carboxylic acids is 2. The van der Waals surface area contributed by atoms with E-state index in [4.69, 9.17) is 16.9 Å². The molecule has 0 radical (unpaired) electrons. The van der Waals surface area contributed by atoms with E-state index < -0.39 is 23.4 Å². The van der Waals surface area contributed by atoms with Gasteiger partial charge in [0, 0.05) is 31.0 Å². The molecule has 0 aliphatic rings. The lowest BCUT2D eigenvalue weighted by molar-refractivity contribution is -0.128. The Kier molecular flexibility index (Phi) is 6.04. The topological polar surface area (TPSA) is 87.8 Å². The molecule has 0 bridgehead atoms. The summed E-state index contributed by atoms with van der Waals surface area (Å²) in [6, 6.07) is 7.07.